The number of benzene rings is 4. The first-order chi connectivity index (χ1) is 57.1. The van der Waals surface area contributed by atoms with Crippen molar-refractivity contribution in [2.75, 3.05) is 0 Å². The van der Waals surface area contributed by atoms with E-state index in [1.54, 1.807) is 98.4 Å². The summed E-state index contributed by atoms with van der Waals surface area (Å²) in [5.74, 6) is -3.61. The summed E-state index contributed by atoms with van der Waals surface area (Å²) in [6.07, 6.45) is 24.8. The zero-order valence-corrected chi connectivity index (χ0v) is 79.8. The molecule has 0 aliphatic heterocycles. The molecule has 11 heterocycles. The van der Waals surface area contributed by atoms with Crippen molar-refractivity contribution in [3.8, 4) is 56.0 Å². The van der Waals surface area contributed by atoms with E-state index in [-0.39, 0.29) is 114 Å². The van der Waals surface area contributed by atoms with Crippen molar-refractivity contribution in [1.29, 1.82) is 0 Å². The molecule has 0 amide bonds. The van der Waals surface area contributed by atoms with E-state index >= 15 is 0 Å². The van der Waals surface area contributed by atoms with Crippen LogP contribution in [0.15, 0.2) is 275 Å². The van der Waals surface area contributed by atoms with Crippen molar-refractivity contribution in [2.24, 2.45) is 10.8 Å². The zero-order valence-electron chi connectivity index (χ0n) is 70.2. The average molecular weight is 2370 g/mol. The topological polar surface area (TPSA) is 269 Å². The molecule has 28 heteroatoms. The van der Waals surface area contributed by atoms with E-state index < -0.39 is 35.5 Å². The van der Waals surface area contributed by atoms with Crippen LogP contribution in [-0.2, 0) is 93.3 Å². The number of aromatic nitrogens is 15. The number of hydrogen-bond donors (Lipinski definition) is 5. The minimum Gasteiger partial charge on any atom is -0.477 e. The number of halogens is 4. The van der Waals surface area contributed by atoms with E-state index in [0.717, 1.165) is 101 Å². The van der Waals surface area contributed by atoms with Gasteiger partial charge in [-0.1, -0.05) is 203 Å². The smallest absolute Gasteiger partial charge is 0.354 e. The van der Waals surface area contributed by atoms with Gasteiger partial charge in [0, 0.05) is 172 Å². The summed E-state index contributed by atoms with van der Waals surface area (Å²) in [4.78, 5) is 48.6. The van der Waals surface area contributed by atoms with Gasteiger partial charge in [0.05, 0.1) is 0 Å². The van der Waals surface area contributed by atoms with Crippen LogP contribution in [0.1, 0.15) is 169 Å². The molecule has 650 valence electrons. The van der Waals surface area contributed by atoms with Gasteiger partial charge in [0.15, 0.2) is 0 Å². The molecule has 3 atom stereocenters. The summed E-state index contributed by atoms with van der Waals surface area (Å²) >= 11 is 0. The van der Waals surface area contributed by atoms with E-state index in [9.17, 15) is 27.2 Å². The third-order valence-electron chi connectivity index (χ3n) is 16.9. The number of aromatic carboxylic acids is 2. The van der Waals surface area contributed by atoms with Gasteiger partial charge < -0.3 is 34.7 Å². The average Bonchev–Trinajstić information content (AvgIpc) is 1.24. The number of nitrogens with zero attached hydrogens (tertiary/aromatic N) is 12. The second-order valence-electron chi connectivity index (χ2n) is 28.9. The van der Waals surface area contributed by atoms with Gasteiger partial charge in [-0.05, 0) is 143 Å². The summed E-state index contributed by atoms with van der Waals surface area (Å²) < 4.78 is 54.2. The molecule has 4 aromatic carbocycles. The summed E-state index contributed by atoms with van der Waals surface area (Å²) in [6, 6.07) is 75.4. The van der Waals surface area contributed by atoms with Gasteiger partial charge in [-0.3, -0.25) is 29.1 Å². The maximum absolute atomic E-state index is 13.7. The molecule has 19 nitrogen and oxygen atoms in total. The van der Waals surface area contributed by atoms with Crippen molar-refractivity contribution >= 4 is 19.9 Å². The molecule has 0 fully saturated rings. The second-order valence-corrected chi connectivity index (χ2v) is 28.9. The molecule has 0 aliphatic carbocycles. The van der Waals surface area contributed by atoms with Gasteiger partial charge in [-0.15, -0.1) is 65.7 Å². The maximum atomic E-state index is 13.7. The third kappa shape index (κ3) is 41.7. The molecular formula is C95H99BF4Ir4N15O4-5. The summed E-state index contributed by atoms with van der Waals surface area (Å²) in [5.41, 5.74) is 13.9. The normalized spacial score (nSPS) is 10.7. The molecule has 15 aromatic rings. The molecule has 5 N–H and O–H groups in total. The molecule has 123 heavy (non-hydrogen) atoms. The molecule has 6 radical (unpaired) electrons. The van der Waals surface area contributed by atoms with Crippen LogP contribution in [0.25, 0.3) is 56.0 Å². The first-order valence-electron chi connectivity index (χ1n) is 38.4. The Bertz CT molecular complexity index is 5040. The van der Waals surface area contributed by atoms with Crippen LogP contribution in [0.2, 0.25) is 0 Å². The molecular weight excluding hydrogens is 2270 g/mol. The standard InChI is InChI=1S/C21H20N.C19H23N.C16H16F2N.C15H15F2N2.2C6H5NO2.C3H3BN2.3C3H4N2.4Ir/c1-3-16(2)20-13-8-14-21(22-20)19-12-7-11-18(15-19)17-9-5-4-6-10-17;1-5-14(3)18-13-12-17(16-10-8-7-9-11-16)19(20-18)15(4)6-2;1-16(2,3)10-11-6-7-19-15(8-11)13-5-4-12(17)9-14(13)18;1-15(2,3)9-10-6-7-18-12(8-10)11-4-5-13(16)19-14(11)17;2*8-6(9)5-3-1-2-4-7-5;4-6-3-1-2-5-6;3*1-2-4-5-3-1;;;;/h4-11,13-16H,3H2,1-2H3;7-10,13-15H,5-6H2,1-4H3;4,6-9H,10H2,1-3H3;5-8H,9H2,1-3H3;2*1-4H,(H,8,9);1-3H;3*1-3H,(H,4,5);;;;/q-1;-2;2*-1;;;;;;;;;;. The Morgan fingerprint density at radius 2 is 0.959 bits per heavy atom. The van der Waals surface area contributed by atoms with Crippen LogP contribution in [0.4, 0.5) is 17.6 Å². The Hall–Kier alpha value is -10.9. The number of rotatable bonds is 15. The monoisotopic (exact) mass is 2370 g/mol. The number of carboxylic acids is 2. The van der Waals surface area contributed by atoms with Crippen molar-refractivity contribution in [1.82, 2.24) is 75.2 Å². The van der Waals surface area contributed by atoms with Gasteiger partial charge >= 0.3 is 11.9 Å². The number of aromatic amines is 3. The summed E-state index contributed by atoms with van der Waals surface area (Å²) in [5, 5.41) is 38.9. The minimum atomic E-state index is -0.990. The van der Waals surface area contributed by atoms with Crippen molar-refractivity contribution in [3.63, 3.8) is 0 Å². The molecule has 0 bridgehead atoms. The van der Waals surface area contributed by atoms with Gasteiger partial charge in [-0.25, -0.2) is 39.5 Å². The maximum Gasteiger partial charge on any atom is 0.354 e. The van der Waals surface area contributed by atoms with Gasteiger partial charge in [-0.2, -0.15) is 50.7 Å². The largest absolute Gasteiger partial charge is 0.477 e. The number of hydrogen-bond acceptors (Lipinski definition) is 13. The number of nitrogens with one attached hydrogen (secondary N) is 3. The van der Waals surface area contributed by atoms with E-state index in [2.05, 4.69) is 241 Å². The molecule has 0 saturated carbocycles. The van der Waals surface area contributed by atoms with Crippen LogP contribution in [0.5, 0.6) is 0 Å². The van der Waals surface area contributed by atoms with Crippen molar-refractivity contribution in [2.45, 2.75) is 133 Å². The SMILES string of the molecule is CC(C)(C)Cc1ccnc(-c2[c-]cc(F)cc2F)c1.CC(C)(C)Cc1ccnc(-c2[c-]cc(F)nc2F)c1.CCC(C)c1c[c-]c(-c2[c-]cccc2)c(C(C)CC)n1.CCC(C)c1cccc(-c2[c-]ccc(-c3ccccc3)c2)n1.O=C(O)c1ccccn1.O=C(O)c1ccccn1.[B]n1cccn1.[Ir].[Ir].[Ir].[Ir].c1cn[nH]c1.c1cn[nH]c1.c1cn[nH]c1. The molecule has 15 rings (SSSR count). The fourth-order valence-electron chi connectivity index (χ4n) is 10.5. The molecule has 11 aromatic heterocycles. The van der Waals surface area contributed by atoms with Crippen LogP contribution in [0, 0.1) is 64.7 Å². The fraction of sp³-hybridized carbons (Fsp3) is 0.232. The van der Waals surface area contributed by atoms with Gasteiger partial charge in [0.1, 0.15) is 23.3 Å². The second kappa shape index (κ2) is 59.0. The molecule has 0 spiro atoms. The molecule has 0 saturated heterocycles. The zero-order chi connectivity index (χ0) is 86.4. The van der Waals surface area contributed by atoms with E-state index in [1.807, 2.05) is 66.7 Å². The van der Waals surface area contributed by atoms with Crippen molar-refractivity contribution < 1.29 is 118 Å². The third-order valence-corrected chi connectivity index (χ3v) is 16.9. The quantitative estimate of drug-likeness (QED) is 0.0276. The first-order valence-corrected chi connectivity index (χ1v) is 38.4. The summed E-state index contributed by atoms with van der Waals surface area (Å²) in [6.45, 7) is 26.1. The van der Waals surface area contributed by atoms with E-state index in [0.29, 0.717) is 29.1 Å². The Balaban J connectivity index is 0.000000480. The Kier molecular flexibility index (Phi) is 51.9. The fourth-order valence-corrected chi connectivity index (χ4v) is 10.5. The summed E-state index contributed by atoms with van der Waals surface area (Å²) in [7, 11) is 5.08. The predicted octanol–water partition coefficient (Wildman–Crippen LogP) is 21.9. The van der Waals surface area contributed by atoms with Crippen molar-refractivity contribution in [3.05, 3.63) is 368 Å². The Morgan fingerprint density at radius 3 is 1.38 bits per heavy atom. The molecule has 0 aliphatic rings. The minimum absolute atomic E-state index is 0. The Morgan fingerprint density at radius 1 is 0.447 bits per heavy atom. The number of H-pyrrole nitrogens is 3. The van der Waals surface area contributed by atoms with Crippen LogP contribution in [-0.4, -0.2) is 105 Å². The van der Waals surface area contributed by atoms with Crippen LogP contribution in [0.3, 0.4) is 0 Å². The van der Waals surface area contributed by atoms with E-state index in [1.165, 1.54) is 40.2 Å². The first kappa shape index (κ1) is 108. The number of pyridine rings is 7. The molecule has 3 unspecified atom stereocenters. The van der Waals surface area contributed by atoms with Gasteiger partial charge in [0.2, 0.25) is 0 Å². The Labute approximate surface area is 774 Å². The van der Waals surface area contributed by atoms with Gasteiger partial charge in [0.25, 0.3) is 7.98 Å². The number of carbonyl (C=O) groups is 2. The van der Waals surface area contributed by atoms with E-state index in [4.69, 9.17) is 28.2 Å². The van der Waals surface area contributed by atoms with Crippen LogP contribution < -0.4 is 0 Å². The predicted molar refractivity (Wildman–Crippen MR) is 460 cm³/mol. The number of carboxylic acid groups (broad SMARTS) is 2. The van der Waals surface area contributed by atoms with Crippen LogP contribution >= 0.6 is 0 Å².